The van der Waals surface area contributed by atoms with E-state index in [-0.39, 0.29) is 44.0 Å². The van der Waals surface area contributed by atoms with Crippen LogP contribution in [0.1, 0.15) is 258 Å². The lowest BCUT2D eigenvalue weighted by Crippen LogP contribution is -2.30. The van der Waals surface area contributed by atoms with Gasteiger partial charge in [0.15, 0.2) is 6.10 Å². The van der Waals surface area contributed by atoms with Crippen molar-refractivity contribution in [3.63, 3.8) is 0 Å². The molecule has 0 aromatic heterocycles. The van der Waals surface area contributed by atoms with E-state index in [1.165, 1.54) is 128 Å². The van der Waals surface area contributed by atoms with Gasteiger partial charge in [0.2, 0.25) is 0 Å². The van der Waals surface area contributed by atoms with Crippen LogP contribution < -0.4 is 0 Å². The summed E-state index contributed by atoms with van der Waals surface area (Å²) in [6, 6.07) is 0. The monoisotopic (exact) mass is 971 g/mol. The van der Waals surface area contributed by atoms with Gasteiger partial charge in [0.05, 0.1) is 0 Å². The van der Waals surface area contributed by atoms with Crippen LogP contribution >= 0.6 is 0 Å². The molecule has 0 fully saturated rings. The summed E-state index contributed by atoms with van der Waals surface area (Å²) in [4.78, 5) is 38.1. The minimum Gasteiger partial charge on any atom is -0.462 e. The molecule has 1 atom stereocenters. The summed E-state index contributed by atoms with van der Waals surface area (Å²) in [5, 5.41) is 0. The van der Waals surface area contributed by atoms with Gasteiger partial charge in [-0.05, 0) is 89.9 Å². The summed E-state index contributed by atoms with van der Waals surface area (Å²) in [5.41, 5.74) is 0. The molecule has 0 aromatic carbocycles. The van der Waals surface area contributed by atoms with Crippen molar-refractivity contribution in [3.8, 4) is 0 Å². The average molecular weight is 972 g/mol. The van der Waals surface area contributed by atoms with E-state index < -0.39 is 6.10 Å². The minimum atomic E-state index is -0.837. The van der Waals surface area contributed by atoms with E-state index in [1.54, 1.807) is 0 Å². The largest absolute Gasteiger partial charge is 0.462 e. The van der Waals surface area contributed by atoms with Crippen molar-refractivity contribution in [1.82, 2.24) is 0 Å². The maximum Gasteiger partial charge on any atom is 0.306 e. The molecule has 398 valence electrons. The van der Waals surface area contributed by atoms with Gasteiger partial charge in [-0.3, -0.25) is 14.4 Å². The van der Waals surface area contributed by atoms with E-state index in [0.717, 1.165) is 77.0 Å². The van der Waals surface area contributed by atoms with Crippen LogP contribution in [0.5, 0.6) is 0 Å². The first-order valence-electron chi connectivity index (χ1n) is 28.9. The van der Waals surface area contributed by atoms with Crippen LogP contribution in [-0.4, -0.2) is 37.2 Å². The Bertz CT molecular complexity index is 1440. The number of hydrogen-bond acceptors (Lipinski definition) is 6. The molecule has 0 saturated heterocycles. The number of hydrogen-bond donors (Lipinski definition) is 0. The lowest BCUT2D eigenvalue weighted by Gasteiger charge is -2.18. The molecule has 70 heavy (non-hydrogen) atoms. The quantitative estimate of drug-likeness (QED) is 0.0262. The Morgan fingerprint density at radius 1 is 0.300 bits per heavy atom. The number of rotatable bonds is 51. The molecule has 6 heteroatoms. The minimum absolute atomic E-state index is 0.122. The van der Waals surface area contributed by atoms with Crippen LogP contribution in [0.4, 0.5) is 0 Å². The summed E-state index contributed by atoms with van der Waals surface area (Å²) in [7, 11) is 0. The molecule has 0 bridgehead atoms. The summed E-state index contributed by atoms with van der Waals surface area (Å²) in [6.07, 6.45) is 78.1. The Morgan fingerprint density at radius 2 is 0.600 bits per heavy atom. The van der Waals surface area contributed by atoms with Crippen LogP contribution in [-0.2, 0) is 28.6 Å². The number of esters is 3. The lowest BCUT2D eigenvalue weighted by molar-refractivity contribution is -0.166. The maximum atomic E-state index is 12.8. The molecule has 0 aliphatic carbocycles. The smallest absolute Gasteiger partial charge is 0.306 e. The van der Waals surface area contributed by atoms with Gasteiger partial charge >= 0.3 is 17.9 Å². The van der Waals surface area contributed by atoms with Crippen LogP contribution in [0, 0.1) is 0 Å². The second kappa shape index (κ2) is 57.6. The molecule has 1 unspecified atom stereocenters. The first-order valence-corrected chi connectivity index (χ1v) is 28.9. The summed E-state index contributed by atoms with van der Waals surface area (Å²) >= 11 is 0. The molecule has 0 heterocycles. The van der Waals surface area contributed by atoms with Gasteiger partial charge in [-0.25, -0.2) is 0 Å². The van der Waals surface area contributed by atoms with Crippen LogP contribution in [0.2, 0.25) is 0 Å². The molecule has 6 nitrogen and oxygen atoms in total. The number of allylic oxidation sites excluding steroid dienone is 18. The number of unbranched alkanes of at least 4 members (excludes halogenated alkanes) is 22. The number of ether oxygens (including phenoxy) is 3. The van der Waals surface area contributed by atoms with E-state index in [9.17, 15) is 14.4 Å². The molecular weight excluding hydrogens is 865 g/mol. The first kappa shape index (κ1) is 66.1. The third-order valence-electron chi connectivity index (χ3n) is 12.0. The Balaban J connectivity index is 4.54. The lowest BCUT2D eigenvalue weighted by atomic mass is 10.0. The molecule has 0 N–H and O–H groups in total. The second-order valence-electron chi connectivity index (χ2n) is 18.8. The molecule has 0 rings (SSSR count). The SMILES string of the molecule is CC/C=C\C/C=C\C/C=C\C/C=C\C/C=C\CCC(=O)OCC(COC(=O)CCCCCCCCCCCCCCCCCCCCC)OC(=O)CCC/C=C\C/C=C\C/C=C\C/C=C\CCCCC. The van der Waals surface area contributed by atoms with Crippen molar-refractivity contribution in [1.29, 1.82) is 0 Å². The van der Waals surface area contributed by atoms with Crippen molar-refractivity contribution in [2.75, 3.05) is 13.2 Å². The Hall–Kier alpha value is -3.93. The number of carbonyl (C=O) groups excluding carboxylic acids is 3. The van der Waals surface area contributed by atoms with Gasteiger partial charge in [-0.2, -0.15) is 0 Å². The number of carbonyl (C=O) groups is 3. The molecule has 0 aromatic rings. The van der Waals surface area contributed by atoms with E-state index in [0.29, 0.717) is 19.3 Å². The summed E-state index contributed by atoms with van der Waals surface area (Å²) < 4.78 is 16.7. The van der Waals surface area contributed by atoms with Crippen LogP contribution in [0.3, 0.4) is 0 Å². The fourth-order valence-corrected chi connectivity index (χ4v) is 7.72. The summed E-state index contributed by atoms with van der Waals surface area (Å²) in [5.74, 6) is -1.06. The average Bonchev–Trinajstić information content (AvgIpc) is 3.36. The van der Waals surface area contributed by atoms with Crippen molar-refractivity contribution >= 4 is 17.9 Å². The van der Waals surface area contributed by atoms with E-state index in [4.69, 9.17) is 14.2 Å². The summed E-state index contributed by atoms with van der Waals surface area (Å²) in [6.45, 7) is 6.40. The van der Waals surface area contributed by atoms with E-state index in [2.05, 4.69) is 118 Å². The fourth-order valence-electron chi connectivity index (χ4n) is 7.72. The predicted molar refractivity (Wildman–Crippen MR) is 302 cm³/mol. The van der Waals surface area contributed by atoms with Gasteiger partial charge in [0.1, 0.15) is 13.2 Å². The van der Waals surface area contributed by atoms with Crippen molar-refractivity contribution in [2.24, 2.45) is 0 Å². The fraction of sp³-hybridized carbons (Fsp3) is 0.672. The zero-order valence-corrected chi connectivity index (χ0v) is 45.5. The molecular formula is C64H106O6. The highest BCUT2D eigenvalue weighted by Crippen LogP contribution is 2.16. The van der Waals surface area contributed by atoms with Gasteiger partial charge in [-0.15, -0.1) is 0 Å². The highest BCUT2D eigenvalue weighted by Gasteiger charge is 2.19. The molecule has 0 saturated carbocycles. The Kier molecular flexibility index (Phi) is 54.4. The van der Waals surface area contributed by atoms with Crippen molar-refractivity contribution < 1.29 is 28.6 Å². The van der Waals surface area contributed by atoms with Crippen molar-refractivity contribution in [2.45, 2.75) is 264 Å². The van der Waals surface area contributed by atoms with E-state index >= 15 is 0 Å². The van der Waals surface area contributed by atoms with E-state index in [1.807, 2.05) is 12.2 Å². The molecule has 0 amide bonds. The molecule has 0 aliphatic rings. The molecule has 0 spiro atoms. The third kappa shape index (κ3) is 55.0. The normalized spacial score (nSPS) is 12.9. The zero-order valence-electron chi connectivity index (χ0n) is 45.5. The van der Waals surface area contributed by atoms with Crippen molar-refractivity contribution in [3.05, 3.63) is 109 Å². The standard InChI is InChI=1S/C64H106O6/c1-4-7-10-13-16-19-22-25-28-31-32-34-36-39-42-45-48-51-54-57-63(66)69-60-61(59-68-62(65)56-53-50-47-44-41-38-35-30-27-24-21-18-15-12-9-6-3)70-64(67)58-55-52-49-46-43-40-37-33-29-26-23-20-17-14-11-8-5-2/h9,12,17-18,20-21,26-27,29-30,37-38,40-41,46-47,49-50,61H,4-8,10-11,13-16,19,22-25,28,31-36,39,42-45,48,51-60H2,1-3H3/b12-9-,20-17-,21-18-,29-26-,30-27-,40-37-,41-38-,49-46-,50-47-. The zero-order chi connectivity index (χ0) is 50.7. The molecule has 0 aliphatic heterocycles. The van der Waals surface area contributed by atoms with Crippen LogP contribution in [0.15, 0.2) is 109 Å². The first-order chi connectivity index (χ1) is 34.5. The highest BCUT2D eigenvalue weighted by atomic mass is 16.6. The van der Waals surface area contributed by atoms with Gasteiger partial charge in [0, 0.05) is 19.3 Å². The van der Waals surface area contributed by atoms with Gasteiger partial charge in [0.25, 0.3) is 0 Å². The predicted octanol–water partition coefficient (Wildman–Crippen LogP) is 19.5. The maximum absolute atomic E-state index is 12.8. The third-order valence-corrected chi connectivity index (χ3v) is 12.0. The second-order valence-corrected chi connectivity index (χ2v) is 18.8. The van der Waals surface area contributed by atoms with Gasteiger partial charge in [-0.1, -0.05) is 259 Å². The Labute approximate surface area is 431 Å². The van der Waals surface area contributed by atoms with Crippen LogP contribution in [0.25, 0.3) is 0 Å². The highest BCUT2D eigenvalue weighted by molar-refractivity contribution is 5.71. The van der Waals surface area contributed by atoms with Gasteiger partial charge < -0.3 is 14.2 Å². The molecule has 0 radical (unpaired) electrons. The topological polar surface area (TPSA) is 78.9 Å². The Morgan fingerprint density at radius 3 is 1.00 bits per heavy atom.